The molecule has 1 aliphatic heterocycles. The van der Waals surface area contributed by atoms with Gasteiger partial charge in [0.05, 0.1) is 0 Å². The summed E-state index contributed by atoms with van der Waals surface area (Å²) >= 11 is 0. The molecular weight excluding hydrogens is 232 g/mol. The Labute approximate surface area is 115 Å². The second kappa shape index (κ2) is 5.22. The fraction of sp³-hybridized carbons (Fsp3) is 0.412. The van der Waals surface area contributed by atoms with Gasteiger partial charge in [-0.1, -0.05) is 37.3 Å². The van der Waals surface area contributed by atoms with E-state index in [-0.39, 0.29) is 0 Å². The van der Waals surface area contributed by atoms with Crippen LogP contribution in [0.5, 0.6) is 0 Å². The Balaban J connectivity index is 1.93. The monoisotopic (exact) mass is 254 g/mol. The van der Waals surface area contributed by atoms with Crippen LogP contribution in [0.15, 0.2) is 42.5 Å². The van der Waals surface area contributed by atoms with Crippen LogP contribution in [-0.4, -0.2) is 25.2 Å². The molecule has 1 heterocycles. The number of anilines is 1. The minimum absolute atomic E-state index is 0.559. The van der Waals surface area contributed by atoms with Crippen molar-refractivity contribution in [3.8, 4) is 0 Å². The summed E-state index contributed by atoms with van der Waals surface area (Å²) in [6.07, 6.45) is 1.19. The highest BCUT2D eigenvalue weighted by Crippen LogP contribution is 2.25. The maximum absolute atomic E-state index is 3.61. The van der Waals surface area contributed by atoms with E-state index in [4.69, 9.17) is 0 Å². The largest absolute Gasteiger partial charge is 0.366 e. The molecule has 2 atom stereocenters. The number of hydrogen-bond donors (Lipinski definition) is 1. The molecule has 0 radical (unpaired) electrons. The molecule has 1 saturated heterocycles. The van der Waals surface area contributed by atoms with E-state index in [1.54, 1.807) is 0 Å². The van der Waals surface area contributed by atoms with Crippen LogP contribution in [0.3, 0.4) is 0 Å². The number of hydrogen-bond acceptors (Lipinski definition) is 2. The third kappa shape index (κ3) is 2.45. The summed E-state index contributed by atoms with van der Waals surface area (Å²) in [6, 6.07) is 16.6. The molecule has 2 heteroatoms. The number of piperazine rings is 1. The highest BCUT2D eigenvalue weighted by Gasteiger charge is 2.23. The quantitative estimate of drug-likeness (QED) is 0.883. The molecule has 0 saturated carbocycles. The smallest absolute Gasteiger partial charge is 0.0387 e. The van der Waals surface area contributed by atoms with Gasteiger partial charge in [-0.3, -0.25) is 0 Å². The molecule has 2 unspecified atom stereocenters. The molecule has 2 nitrogen and oxygen atoms in total. The van der Waals surface area contributed by atoms with Gasteiger partial charge in [0, 0.05) is 30.9 Å². The van der Waals surface area contributed by atoms with Crippen molar-refractivity contribution in [2.24, 2.45) is 0 Å². The fourth-order valence-corrected chi connectivity index (χ4v) is 2.92. The van der Waals surface area contributed by atoms with Crippen LogP contribution in [0.4, 0.5) is 5.69 Å². The number of rotatable bonds is 2. The molecule has 3 rings (SSSR count). The molecule has 0 aliphatic carbocycles. The van der Waals surface area contributed by atoms with Gasteiger partial charge in [-0.2, -0.15) is 0 Å². The molecule has 1 fully saturated rings. The third-order valence-corrected chi connectivity index (χ3v) is 4.21. The predicted molar refractivity (Wildman–Crippen MR) is 82.8 cm³/mol. The molecule has 100 valence electrons. The van der Waals surface area contributed by atoms with Crippen molar-refractivity contribution in [2.75, 3.05) is 18.0 Å². The molecule has 0 bridgehead atoms. The molecule has 1 N–H and O–H groups in total. The van der Waals surface area contributed by atoms with Gasteiger partial charge in [0.1, 0.15) is 0 Å². The first-order valence-corrected chi connectivity index (χ1v) is 7.26. The van der Waals surface area contributed by atoms with Crippen molar-refractivity contribution in [2.45, 2.75) is 32.4 Å². The van der Waals surface area contributed by atoms with Gasteiger partial charge in [-0.15, -0.1) is 0 Å². The lowest BCUT2D eigenvalue weighted by molar-refractivity contribution is 0.397. The molecule has 19 heavy (non-hydrogen) atoms. The van der Waals surface area contributed by atoms with Crippen molar-refractivity contribution < 1.29 is 0 Å². The van der Waals surface area contributed by atoms with Crippen LogP contribution in [0.1, 0.15) is 20.3 Å². The first kappa shape index (κ1) is 12.5. The van der Waals surface area contributed by atoms with E-state index in [0.29, 0.717) is 12.1 Å². The molecule has 0 amide bonds. The highest BCUT2D eigenvalue weighted by molar-refractivity contribution is 5.85. The van der Waals surface area contributed by atoms with Crippen LogP contribution >= 0.6 is 0 Å². The number of fused-ring (bicyclic) bond motifs is 1. The second-order valence-electron chi connectivity index (χ2n) is 5.55. The summed E-state index contributed by atoms with van der Waals surface area (Å²) in [5.41, 5.74) is 1.35. The van der Waals surface area contributed by atoms with Crippen LogP contribution in [0.2, 0.25) is 0 Å². The molecule has 1 aliphatic rings. The van der Waals surface area contributed by atoms with E-state index >= 15 is 0 Å². The summed E-state index contributed by atoms with van der Waals surface area (Å²) in [5.74, 6) is 0. The predicted octanol–water partition coefficient (Wildman–Crippen LogP) is 3.42. The van der Waals surface area contributed by atoms with E-state index in [1.165, 1.54) is 22.9 Å². The van der Waals surface area contributed by atoms with E-state index in [2.05, 4.69) is 66.5 Å². The summed E-state index contributed by atoms with van der Waals surface area (Å²) in [6.45, 7) is 6.74. The number of nitrogens with one attached hydrogen (secondary N) is 1. The van der Waals surface area contributed by atoms with Crippen molar-refractivity contribution in [3.05, 3.63) is 42.5 Å². The van der Waals surface area contributed by atoms with Gasteiger partial charge in [0.2, 0.25) is 0 Å². The van der Waals surface area contributed by atoms with Crippen molar-refractivity contribution in [1.82, 2.24) is 5.32 Å². The maximum atomic E-state index is 3.61. The van der Waals surface area contributed by atoms with Gasteiger partial charge >= 0.3 is 0 Å². The van der Waals surface area contributed by atoms with E-state index in [0.717, 1.165) is 13.1 Å². The van der Waals surface area contributed by atoms with Crippen LogP contribution in [-0.2, 0) is 0 Å². The minimum Gasteiger partial charge on any atom is -0.366 e. The lowest BCUT2D eigenvalue weighted by Crippen LogP contribution is -2.55. The molecule has 2 aromatic carbocycles. The second-order valence-corrected chi connectivity index (χ2v) is 5.55. The maximum Gasteiger partial charge on any atom is 0.0387 e. The van der Waals surface area contributed by atoms with Crippen molar-refractivity contribution in [1.29, 1.82) is 0 Å². The van der Waals surface area contributed by atoms with Gasteiger partial charge in [-0.05, 0) is 36.2 Å². The Morgan fingerprint density at radius 3 is 2.74 bits per heavy atom. The summed E-state index contributed by atoms with van der Waals surface area (Å²) < 4.78 is 0. The molecule has 0 aromatic heterocycles. The van der Waals surface area contributed by atoms with Gasteiger partial charge in [-0.25, -0.2) is 0 Å². The topological polar surface area (TPSA) is 15.3 Å². The lowest BCUT2D eigenvalue weighted by atomic mass is 10.0. The van der Waals surface area contributed by atoms with Crippen molar-refractivity contribution >= 4 is 16.5 Å². The Morgan fingerprint density at radius 1 is 1.16 bits per heavy atom. The summed E-state index contributed by atoms with van der Waals surface area (Å²) in [5, 5.41) is 6.27. The number of benzene rings is 2. The Bertz CT molecular complexity index is 564. The lowest BCUT2D eigenvalue weighted by Gasteiger charge is -2.40. The standard InChI is InChI=1S/C17H22N2/c1-3-16-12-19(13(2)11-18-16)17-9-8-14-6-4-5-7-15(14)10-17/h4-10,13,16,18H,3,11-12H2,1-2H3. The highest BCUT2D eigenvalue weighted by atomic mass is 15.2. The first-order valence-electron chi connectivity index (χ1n) is 7.26. The van der Waals surface area contributed by atoms with Crippen LogP contribution in [0, 0.1) is 0 Å². The Hall–Kier alpha value is -1.54. The average molecular weight is 254 g/mol. The Morgan fingerprint density at radius 2 is 1.95 bits per heavy atom. The SMILES string of the molecule is CCC1CN(c2ccc3ccccc3c2)C(C)CN1. The minimum atomic E-state index is 0.559. The summed E-state index contributed by atoms with van der Waals surface area (Å²) in [4.78, 5) is 2.54. The number of nitrogens with zero attached hydrogens (tertiary/aromatic N) is 1. The van der Waals surface area contributed by atoms with Crippen molar-refractivity contribution in [3.63, 3.8) is 0 Å². The van der Waals surface area contributed by atoms with Gasteiger partial charge in [0.25, 0.3) is 0 Å². The Kier molecular flexibility index (Phi) is 3.43. The summed E-state index contributed by atoms with van der Waals surface area (Å²) in [7, 11) is 0. The van der Waals surface area contributed by atoms with E-state index < -0.39 is 0 Å². The van der Waals surface area contributed by atoms with Gasteiger partial charge < -0.3 is 10.2 Å². The van der Waals surface area contributed by atoms with Crippen LogP contribution < -0.4 is 10.2 Å². The zero-order chi connectivity index (χ0) is 13.2. The van der Waals surface area contributed by atoms with E-state index in [9.17, 15) is 0 Å². The fourth-order valence-electron chi connectivity index (χ4n) is 2.92. The first-order chi connectivity index (χ1) is 9.28. The average Bonchev–Trinajstić information content (AvgIpc) is 2.47. The third-order valence-electron chi connectivity index (χ3n) is 4.21. The van der Waals surface area contributed by atoms with Gasteiger partial charge in [0.15, 0.2) is 0 Å². The molecule has 2 aromatic rings. The normalized spacial score (nSPS) is 23.8. The van der Waals surface area contributed by atoms with Crippen LogP contribution in [0.25, 0.3) is 10.8 Å². The molecular formula is C17H22N2. The van der Waals surface area contributed by atoms with E-state index in [1.807, 2.05) is 0 Å². The zero-order valence-corrected chi connectivity index (χ0v) is 11.8. The molecule has 0 spiro atoms. The zero-order valence-electron chi connectivity index (χ0n) is 11.8.